The number of hydrogen-bond donors (Lipinski definition) is 1. The van der Waals surface area contributed by atoms with E-state index in [1.165, 1.54) is 0 Å². The van der Waals surface area contributed by atoms with E-state index in [9.17, 15) is 4.79 Å². The van der Waals surface area contributed by atoms with Gasteiger partial charge in [0.05, 0.1) is 6.54 Å². The van der Waals surface area contributed by atoms with E-state index in [4.69, 9.17) is 21.1 Å². The number of benzene rings is 1. The van der Waals surface area contributed by atoms with Crippen LogP contribution in [0, 0.1) is 0 Å². The molecule has 8 heteroatoms. The van der Waals surface area contributed by atoms with E-state index in [1.807, 2.05) is 36.1 Å². The minimum Gasteiger partial charge on any atom is -0.489 e. The highest BCUT2D eigenvalue weighted by molar-refractivity contribution is 6.30. The first-order valence-electron chi connectivity index (χ1n) is 9.85. The fourth-order valence-corrected chi connectivity index (χ4v) is 3.60. The van der Waals surface area contributed by atoms with Crippen molar-refractivity contribution in [3.63, 3.8) is 0 Å². The molecule has 0 aliphatic carbocycles. The summed E-state index contributed by atoms with van der Waals surface area (Å²) in [5.74, 6) is 1.75. The van der Waals surface area contributed by atoms with Crippen molar-refractivity contribution in [3.8, 4) is 5.75 Å². The number of hydrogen-bond acceptors (Lipinski definition) is 4. The van der Waals surface area contributed by atoms with Crippen molar-refractivity contribution in [1.29, 1.82) is 0 Å². The smallest absolute Gasteiger partial charge is 0.251 e. The number of carbonyl (C=O) groups is 1. The van der Waals surface area contributed by atoms with Gasteiger partial charge < -0.3 is 24.6 Å². The van der Waals surface area contributed by atoms with E-state index in [1.54, 1.807) is 7.05 Å². The van der Waals surface area contributed by atoms with Gasteiger partial charge in [-0.25, -0.2) is 0 Å². The summed E-state index contributed by atoms with van der Waals surface area (Å²) >= 11 is 5.90. The largest absolute Gasteiger partial charge is 0.489 e. The minimum absolute atomic E-state index is 0.0275. The number of carbonyl (C=O) groups excluding carboxylic acids is 1. The topological polar surface area (TPSA) is 66.4 Å². The van der Waals surface area contributed by atoms with Crippen LogP contribution in [0.2, 0.25) is 5.02 Å². The molecule has 7 nitrogen and oxygen atoms in total. The molecule has 0 aromatic heterocycles. The Morgan fingerprint density at radius 2 is 1.96 bits per heavy atom. The lowest BCUT2D eigenvalue weighted by Crippen LogP contribution is -2.55. The van der Waals surface area contributed by atoms with Gasteiger partial charge in [0.25, 0.3) is 5.91 Å². The van der Waals surface area contributed by atoms with Crippen molar-refractivity contribution in [2.45, 2.75) is 32.0 Å². The Bertz CT molecular complexity index is 669. The molecule has 1 amide bonds. The van der Waals surface area contributed by atoms with Crippen molar-refractivity contribution in [2.75, 3.05) is 46.4 Å². The second-order valence-electron chi connectivity index (χ2n) is 7.12. The molecule has 28 heavy (non-hydrogen) atoms. The third-order valence-corrected chi connectivity index (χ3v) is 5.26. The van der Waals surface area contributed by atoms with Crippen molar-refractivity contribution in [3.05, 3.63) is 29.3 Å². The Balaban J connectivity index is 1.42. The maximum atomic E-state index is 12.5. The third-order valence-electron chi connectivity index (χ3n) is 5.01. The summed E-state index contributed by atoms with van der Waals surface area (Å²) in [6.07, 6.45) is 1.55. The molecule has 2 atom stereocenters. The molecule has 2 unspecified atom stereocenters. The van der Waals surface area contributed by atoms with E-state index >= 15 is 0 Å². The molecule has 3 rings (SSSR count). The summed E-state index contributed by atoms with van der Waals surface area (Å²) < 4.78 is 11.4. The van der Waals surface area contributed by atoms with E-state index in [-0.39, 0.29) is 18.1 Å². The van der Waals surface area contributed by atoms with Crippen LogP contribution in [0.5, 0.6) is 5.75 Å². The lowest BCUT2D eigenvalue weighted by Gasteiger charge is -2.37. The van der Waals surface area contributed by atoms with Crippen LogP contribution in [-0.4, -0.2) is 80.3 Å². The zero-order valence-electron chi connectivity index (χ0n) is 16.6. The van der Waals surface area contributed by atoms with Crippen LogP contribution < -0.4 is 10.1 Å². The fourth-order valence-electron chi connectivity index (χ4n) is 3.47. The molecule has 2 saturated heterocycles. The SMILES string of the molecule is CN=C(NCC(C)Oc1ccc(Cl)cc1)N1CCN(C(=O)C2CCCO2)CC1. The number of guanidine groups is 1. The van der Waals surface area contributed by atoms with Crippen LogP contribution in [0.15, 0.2) is 29.3 Å². The number of amides is 1. The van der Waals surface area contributed by atoms with Gasteiger partial charge in [-0.15, -0.1) is 0 Å². The zero-order valence-corrected chi connectivity index (χ0v) is 17.3. The monoisotopic (exact) mass is 408 g/mol. The van der Waals surface area contributed by atoms with E-state index in [0.29, 0.717) is 31.3 Å². The van der Waals surface area contributed by atoms with Crippen LogP contribution >= 0.6 is 11.6 Å². The van der Waals surface area contributed by atoms with Gasteiger partial charge in [0.15, 0.2) is 5.96 Å². The van der Waals surface area contributed by atoms with E-state index < -0.39 is 0 Å². The lowest BCUT2D eigenvalue weighted by molar-refractivity contribution is -0.142. The van der Waals surface area contributed by atoms with Crippen LogP contribution in [0.4, 0.5) is 0 Å². The molecule has 0 spiro atoms. The van der Waals surface area contributed by atoms with E-state index in [2.05, 4.69) is 15.2 Å². The zero-order chi connectivity index (χ0) is 19.9. The molecule has 0 bridgehead atoms. The third kappa shape index (κ3) is 5.52. The molecule has 2 aliphatic rings. The summed E-state index contributed by atoms with van der Waals surface area (Å²) in [4.78, 5) is 20.9. The molecule has 1 N–H and O–H groups in total. The summed E-state index contributed by atoms with van der Waals surface area (Å²) in [5.41, 5.74) is 0. The Labute approximate surface area is 171 Å². The van der Waals surface area contributed by atoms with Gasteiger partial charge in [-0.2, -0.15) is 0 Å². The number of piperazine rings is 1. The highest BCUT2D eigenvalue weighted by atomic mass is 35.5. The molecule has 154 valence electrons. The second-order valence-corrected chi connectivity index (χ2v) is 7.56. The van der Waals surface area contributed by atoms with Gasteiger partial charge in [-0.3, -0.25) is 9.79 Å². The predicted octanol–water partition coefficient (Wildman–Crippen LogP) is 2.01. The highest BCUT2D eigenvalue weighted by Crippen LogP contribution is 2.17. The number of aliphatic imine (C=N–C) groups is 1. The van der Waals surface area contributed by atoms with Gasteiger partial charge in [-0.05, 0) is 44.0 Å². The quantitative estimate of drug-likeness (QED) is 0.596. The van der Waals surface area contributed by atoms with Gasteiger partial charge in [0, 0.05) is 44.9 Å². The average molecular weight is 409 g/mol. The minimum atomic E-state index is -0.241. The number of ether oxygens (including phenoxy) is 2. The van der Waals surface area contributed by atoms with Gasteiger partial charge in [0.2, 0.25) is 0 Å². The normalized spacial score (nSPS) is 21.5. The van der Waals surface area contributed by atoms with Crippen molar-refractivity contribution in [2.24, 2.45) is 4.99 Å². The Morgan fingerprint density at radius 1 is 1.29 bits per heavy atom. The van der Waals surface area contributed by atoms with Gasteiger partial charge in [0.1, 0.15) is 18.0 Å². The predicted molar refractivity (Wildman–Crippen MR) is 110 cm³/mol. The summed E-state index contributed by atoms with van der Waals surface area (Å²) in [6.45, 7) is 6.22. The molecule has 1 aromatic carbocycles. The standard InChI is InChI=1S/C20H29ClN4O3/c1-15(28-17-7-5-16(21)6-8-17)14-23-20(22-2)25-11-9-24(10-12-25)19(26)18-4-3-13-27-18/h5-8,15,18H,3-4,9-14H2,1-2H3,(H,22,23). The Morgan fingerprint density at radius 3 is 2.57 bits per heavy atom. The lowest BCUT2D eigenvalue weighted by atomic mass is 10.2. The fraction of sp³-hybridized carbons (Fsp3) is 0.600. The first kappa shape index (κ1) is 20.7. The molecule has 0 saturated carbocycles. The van der Waals surface area contributed by atoms with Gasteiger partial charge >= 0.3 is 0 Å². The van der Waals surface area contributed by atoms with Crippen molar-refractivity contribution in [1.82, 2.24) is 15.1 Å². The maximum absolute atomic E-state index is 12.5. The molecular weight excluding hydrogens is 380 g/mol. The first-order valence-corrected chi connectivity index (χ1v) is 10.2. The maximum Gasteiger partial charge on any atom is 0.251 e. The van der Waals surface area contributed by atoms with Crippen molar-refractivity contribution >= 4 is 23.5 Å². The molecule has 2 fully saturated rings. The summed E-state index contributed by atoms with van der Waals surface area (Å²) in [6, 6.07) is 7.34. The van der Waals surface area contributed by atoms with Gasteiger partial charge in [-0.1, -0.05) is 11.6 Å². The van der Waals surface area contributed by atoms with E-state index in [0.717, 1.165) is 37.6 Å². The first-order chi connectivity index (χ1) is 13.6. The molecule has 2 heterocycles. The van der Waals surface area contributed by atoms with Crippen LogP contribution in [0.25, 0.3) is 0 Å². The van der Waals surface area contributed by atoms with Crippen LogP contribution in [0.3, 0.4) is 0 Å². The average Bonchev–Trinajstić information content (AvgIpc) is 3.25. The Kier molecular flexibility index (Phi) is 7.39. The Hall–Kier alpha value is -1.99. The number of halogens is 1. The second kappa shape index (κ2) is 9.98. The van der Waals surface area contributed by atoms with Crippen LogP contribution in [-0.2, 0) is 9.53 Å². The number of nitrogens with zero attached hydrogens (tertiary/aromatic N) is 3. The van der Waals surface area contributed by atoms with Crippen LogP contribution in [0.1, 0.15) is 19.8 Å². The highest BCUT2D eigenvalue weighted by Gasteiger charge is 2.30. The molecule has 1 aromatic rings. The number of nitrogens with one attached hydrogen (secondary N) is 1. The summed E-state index contributed by atoms with van der Waals surface area (Å²) in [7, 11) is 1.77. The molecule has 2 aliphatic heterocycles. The summed E-state index contributed by atoms with van der Waals surface area (Å²) in [5, 5.41) is 4.06. The number of rotatable bonds is 5. The van der Waals surface area contributed by atoms with Crippen molar-refractivity contribution < 1.29 is 14.3 Å². The molecule has 0 radical (unpaired) electrons. The molecular formula is C20H29ClN4O3.